The fourth-order valence-electron chi connectivity index (χ4n) is 4.65. The van der Waals surface area contributed by atoms with Crippen molar-refractivity contribution in [2.75, 3.05) is 38.1 Å². The molecule has 29 heavy (non-hydrogen) atoms. The molecule has 2 heterocycles. The van der Waals surface area contributed by atoms with Gasteiger partial charge in [0, 0.05) is 45.0 Å². The van der Waals surface area contributed by atoms with Crippen LogP contribution in [0.3, 0.4) is 0 Å². The van der Waals surface area contributed by atoms with E-state index in [1.807, 2.05) is 12.1 Å². The first kappa shape index (κ1) is 19.9. The van der Waals surface area contributed by atoms with Crippen molar-refractivity contribution in [1.82, 2.24) is 10.2 Å². The zero-order chi connectivity index (χ0) is 20.2. The number of carbonyl (C=O) groups excluding carboxylic acids is 1. The van der Waals surface area contributed by atoms with E-state index in [2.05, 4.69) is 33.3 Å². The largest absolute Gasteiger partial charge is 0.368 e. The lowest BCUT2D eigenvalue weighted by atomic mass is 10.0. The number of fused-ring (bicyclic) bond motifs is 1. The first-order chi connectivity index (χ1) is 14.1. The minimum Gasteiger partial charge on any atom is -0.368 e. The number of nitrogens with one attached hydrogen (secondary N) is 1. The van der Waals surface area contributed by atoms with E-state index < -0.39 is 0 Å². The van der Waals surface area contributed by atoms with Gasteiger partial charge in [0.15, 0.2) is 0 Å². The number of likely N-dealkylation sites (tertiary alicyclic amines) is 1. The van der Waals surface area contributed by atoms with E-state index in [1.165, 1.54) is 11.3 Å². The van der Waals surface area contributed by atoms with Gasteiger partial charge in [-0.3, -0.25) is 4.79 Å². The van der Waals surface area contributed by atoms with Crippen molar-refractivity contribution in [3.05, 3.63) is 65.0 Å². The molecule has 2 aromatic rings. The van der Waals surface area contributed by atoms with Crippen LogP contribution in [0.1, 0.15) is 29.5 Å². The molecule has 1 N–H and O–H groups in total. The van der Waals surface area contributed by atoms with Crippen molar-refractivity contribution in [1.29, 1.82) is 0 Å². The fourth-order valence-corrected chi connectivity index (χ4v) is 4.65. The average molecular weight is 396 g/mol. The van der Waals surface area contributed by atoms with Crippen LogP contribution in [0.2, 0.25) is 0 Å². The molecule has 0 aromatic heterocycles. The third-order valence-electron chi connectivity index (χ3n) is 6.38. The summed E-state index contributed by atoms with van der Waals surface area (Å²) in [4.78, 5) is 16.7. The number of rotatable bonds is 6. The van der Waals surface area contributed by atoms with Gasteiger partial charge in [-0.25, -0.2) is 4.39 Å². The summed E-state index contributed by atoms with van der Waals surface area (Å²) in [5.41, 5.74) is 4.60. The summed E-state index contributed by atoms with van der Waals surface area (Å²) < 4.78 is 13.8. The second-order valence-corrected chi connectivity index (χ2v) is 8.17. The van der Waals surface area contributed by atoms with Crippen molar-refractivity contribution < 1.29 is 9.18 Å². The van der Waals surface area contributed by atoms with Gasteiger partial charge < -0.3 is 15.1 Å². The lowest BCUT2D eigenvalue weighted by Crippen LogP contribution is -2.45. The number of amides is 1. The van der Waals surface area contributed by atoms with E-state index in [4.69, 9.17) is 0 Å². The third-order valence-corrected chi connectivity index (χ3v) is 6.38. The van der Waals surface area contributed by atoms with Gasteiger partial charge in [-0.2, -0.15) is 0 Å². The van der Waals surface area contributed by atoms with Crippen molar-refractivity contribution in [3.8, 4) is 0 Å². The van der Waals surface area contributed by atoms with Crippen LogP contribution in [-0.2, 0) is 24.1 Å². The van der Waals surface area contributed by atoms with Gasteiger partial charge in [-0.15, -0.1) is 0 Å². The van der Waals surface area contributed by atoms with Crippen LogP contribution in [0, 0.1) is 5.82 Å². The summed E-state index contributed by atoms with van der Waals surface area (Å²) >= 11 is 0. The molecule has 2 aliphatic rings. The van der Waals surface area contributed by atoms with E-state index in [9.17, 15) is 9.18 Å². The standard InChI is InChI=1S/C24H30FN3O/c1-26-24(29)17-18-6-7-20-9-15-28(23(20)16-18)21-10-13-27(14-11-21)12-8-19-4-2-3-5-22(19)25/h2-7,16,21H,8-15,17H2,1H3,(H,26,29). The highest BCUT2D eigenvalue weighted by molar-refractivity contribution is 5.79. The predicted molar refractivity (Wildman–Crippen MR) is 115 cm³/mol. The van der Waals surface area contributed by atoms with E-state index in [0.717, 1.165) is 63.0 Å². The molecule has 0 saturated carbocycles. The van der Waals surface area contributed by atoms with Gasteiger partial charge in [-0.1, -0.05) is 30.3 Å². The Morgan fingerprint density at radius 1 is 1.14 bits per heavy atom. The Morgan fingerprint density at radius 3 is 2.69 bits per heavy atom. The van der Waals surface area contributed by atoms with Crippen LogP contribution in [-0.4, -0.2) is 50.1 Å². The molecule has 0 spiro atoms. The average Bonchev–Trinajstić information content (AvgIpc) is 3.17. The molecule has 0 atom stereocenters. The quantitative estimate of drug-likeness (QED) is 0.816. The Labute approximate surface area is 172 Å². The lowest BCUT2D eigenvalue weighted by Gasteiger charge is -2.38. The predicted octanol–water partition coefficient (Wildman–Crippen LogP) is 3.18. The molecule has 4 nitrogen and oxygen atoms in total. The van der Waals surface area contributed by atoms with Crippen LogP contribution in [0.5, 0.6) is 0 Å². The SMILES string of the molecule is CNC(=O)Cc1ccc2c(c1)N(C1CCN(CCc3ccccc3F)CC1)CC2. The number of hydrogen-bond donors (Lipinski definition) is 1. The van der Waals surface area contributed by atoms with Crippen molar-refractivity contribution >= 4 is 11.6 Å². The number of benzene rings is 2. The number of piperidine rings is 1. The van der Waals surface area contributed by atoms with Gasteiger partial charge in [0.05, 0.1) is 6.42 Å². The smallest absolute Gasteiger partial charge is 0.224 e. The van der Waals surface area contributed by atoms with Crippen molar-refractivity contribution in [3.63, 3.8) is 0 Å². The molecule has 2 aromatic carbocycles. The molecule has 4 rings (SSSR count). The molecular formula is C24H30FN3O. The molecule has 154 valence electrons. The molecule has 0 radical (unpaired) electrons. The van der Waals surface area contributed by atoms with Crippen LogP contribution in [0.4, 0.5) is 10.1 Å². The van der Waals surface area contributed by atoms with Crippen LogP contribution >= 0.6 is 0 Å². The number of likely N-dealkylation sites (N-methyl/N-ethyl adjacent to an activating group) is 1. The summed E-state index contributed by atoms with van der Waals surface area (Å²) in [6.45, 7) is 4.10. The fraction of sp³-hybridized carbons (Fsp3) is 0.458. The van der Waals surface area contributed by atoms with Crippen LogP contribution in [0.15, 0.2) is 42.5 Å². The molecule has 0 aliphatic carbocycles. The van der Waals surface area contributed by atoms with Crippen LogP contribution in [0.25, 0.3) is 0 Å². The van der Waals surface area contributed by atoms with Gasteiger partial charge in [0.25, 0.3) is 0 Å². The summed E-state index contributed by atoms with van der Waals surface area (Å²) in [6.07, 6.45) is 4.56. The first-order valence-electron chi connectivity index (χ1n) is 10.7. The Hall–Kier alpha value is -2.40. The van der Waals surface area contributed by atoms with Crippen molar-refractivity contribution in [2.45, 2.75) is 38.1 Å². The maximum absolute atomic E-state index is 13.8. The summed E-state index contributed by atoms with van der Waals surface area (Å²) in [7, 11) is 1.68. The molecule has 1 amide bonds. The molecule has 1 saturated heterocycles. The van der Waals surface area contributed by atoms with Gasteiger partial charge >= 0.3 is 0 Å². The van der Waals surface area contributed by atoms with E-state index in [-0.39, 0.29) is 11.7 Å². The number of halogens is 1. The van der Waals surface area contributed by atoms with Crippen LogP contribution < -0.4 is 10.2 Å². The molecular weight excluding hydrogens is 365 g/mol. The Morgan fingerprint density at radius 2 is 1.93 bits per heavy atom. The second kappa shape index (κ2) is 8.95. The summed E-state index contributed by atoms with van der Waals surface area (Å²) in [6, 6.07) is 14.1. The number of nitrogens with zero attached hydrogens (tertiary/aromatic N) is 2. The van der Waals surface area contributed by atoms with E-state index >= 15 is 0 Å². The Bertz CT molecular complexity index is 861. The van der Waals surface area contributed by atoms with E-state index in [1.54, 1.807) is 19.2 Å². The molecule has 2 aliphatic heterocycles. The van der Waals surface area contributed by atoms with Gasteiger partial charge in [0.2, 0.25) is 5.91 Å². The number of anilines is 1. The zero-order valence-electron chi connectivity index (χ0n) is 17.2. The first-order valence-corrected chi connectivity index (χ1v) is 10.7. The maximum atomic E-state index is 13.8. The highest BCUT2D eigenvalue weighted by Gasteiger charge is 2.29. The topological polar surface area (TPSA) is 35.6 Å². The highest BCUT2D eigenvalue weighted by Crippen LogP contribution is 2.33. The summed E-state index contributed by atoms with van der Waals surface area (Å²) in [5, 5.41) is 2.71. The summed E-state index contributed by atoms with van der Waals surface area (Å²) in [5.74, 6) is -0.0405. The Balaban J connectivity index is 1.33. The number of carbonyl (C=O) groups is 1. The minimum atomic E-state index is -0.0939. The molecule has 5 heteroatoms. The Kier molecular flexibility index (Phi) is 6.14. The molecule has 0 bridgehead atoms. The lowest BCUT2D eigenvalue weighted by molar-refractivity contribution is -0.119. The monoisotopic (exact) mass is 395 g/mol. The molecule has 0 unspecified atom stereocenters. The number of hydrogen-bond acceptors (Lipinski definition) is 3. The second-order valence-electron chi connectivity index (χ2n) is 8.17. The zero-order valence-corrected chi connectivity index (χ0v) is 17.2. The minimum absolute atomic E-state index is 0.0534. The normalized spacial score (nSPS) is 17.4. The van der Waals surface area contributed by atoms with Gasteiger partial charge in [0.1, 0.15) is 5.82 Å². The van der Waals surface area contributed by atoms with Crippen molar-refractivity contribution in [2.24, 2.45) is 0 Å². The third kappa shape index (κ3) is 4.61. The molecule has 1 fully saturated rings. The highest BCUT2D eigenvalue weighted by atomic mass is 19.1. The van der Waals surface area contributed by atoms with E-state index in [0.29, 0.717) is 12.5 Å². The maximum Gasteiger partial charge on any atom is 0.224 e. The van der Waals surface area contributed by atoms with Gasteiger partial charge in [-0.05, 0) is 54.5 Å².